The Morgan fingerprint density at radius 3 is 2.87 bits per heavy atom. The molecule has 1 aliphatic heterocycles. The highest BCUT2D eigenvalue weighted by Gasteiger charge is 2.07. The Bertz CT molecular complexity index is 561. The molecule has 0 saturated carbocycles. The van der Waals surface area contributed by atoms with Gasteiger partial charge in [-0.25, -0.2) is 0 Å². The van der Waals surface area contributed by atoms with Crippen molar-refractivity contribution in [3.05, 3.63) is 57.3 Å². The summed E-state index contributed by atoms with van der Waals surface area (Å²) in [4.78, 5) is 1.41. The molecular formula is C14H12S. The van der Waals surface area contributed by atoms with Crippen molar-refractivity contribution in [1.29, 1.82) is 0 Å². The normalized spacial score (nSPS) is 18.4. The molecule has 0 atom stereocenters. The van der Waals surface area contributed by atoms with Crippen molar-refractivity contribution in [2.45, 2.75) is 12.8 Å². The van der Waals surface area contributed by atoms with Gasteiger partial charge in [-0.15, -0.1) is 0 Å². The molecule has 1 aromatic rings. The van der Waals surface area contributed by atoms with E-state index >= 15 is 0 Å². The standard InChI is InChI=1S/C14H12S/c1-2-7-13-10-15-14-8-4-3-6-12(14)9-11(13)5-1/h1-2,4-5,7-10H,3,6H2. The first kappa shape index (κ1) is 9.05. The van der Waals surface area contributed by atoms with Crippen molar-refractivity contribution < 1.29 is 0 Å². The number of hydrogen-bond acceptors (Lipinski definition) is 1. The van der Waals surface area contributed by atoms with Crippen LogP contribution in [0.4, 0.5) is 0 Å². The van der Waals surface area contributed by atoms with Crippen LogP contribution in [-0.2, 0) is 0 Å². The molecule has 0 aromatic heterocycles. The summed E-state index contributed by atoms with van der Waals surface area (Å²) in [5, 5.41) is 4.94. The average Bonchev–Trinajstić information content (AvgIpc) is 2.48. The summed E-state index contributed by atoms with van der Waals surface area (Å²) in [5.41, 5.74) is 1.49. The van der Waals surface area contributed by atoms with E-state index in [2.05, 4.69) is 47.9 Å². The molecule has 3 rings (SSSR count). The van der Waals surface area contributed by atoms with Gasteiger partial charge in [-0.3, -0.25) is 0 Å². The lowest BCUT2D eigenvalue weighted by Gasteiger charge is -2.09. The van der Waals surface area contributed by atoms with Crippen molar-refractivity contribution >= 4 is 23.2 Å². The molecule has 0 amide bonds. The van der Waals surface area contributed by atoms with Gasteiger partial charge in [-0.2, -0.15) is 0 Å². The third-order valence-electron chi connectivity index (χ3n) is 2.80. The van der Waals surface area contributed by atoms with E-state index in [0.29, 0.717) is 0 Å². The Balaban J connectivity index is 2.25. The minimum Gasteiger partial charge on any atom is -0.0972 e. The van der Waals surface area contributed by atoms with E-state index in [1.165, 1.54) is 33.8 Å². The molecule has 0 fully saturated rings. The monoisotopic (exact) mass is 212 g/mol. The third kappa shape index (κ3) is 1.68. The van der Waals surface area contributed by atoms with Crippen LogP contribution in [-0.4, -0.2) is 0 Å². The summed E-state index contributed by atoms with van der Waals surface area (Å²) in [6, 6.07) is 8.59. The molecule has 2 aliphatic rings. The summed E-state index contributed by atoms with van der Waals surface area (Å²) in [6.45, 7) is 0. The molecule has 1 heterocycles. The molecule has 0 N–H and O–H groups in total. The Morgan fingerprint density at radius 1 is 1.07 bits per heavy atom. The lowest BCUT2D eigenvalue weighted by atomic mass is 10.0. The second-order valence-electron chi connectivity index (χ2n) is 3.84. The van der Waals surface area contributed by atoms with Crippen LogP contribution in [0.15, 0.2) is 46.9 Å². The maximum absolute atomic E-state index is 2.34. The molecule has 0 spiro atoms. The van der Waals surface area contributed by atoms with Gasteiger partial charge < -0.3 is 0 Å². The highest BCUT2D eigenvalue weighted by Crippen LogP contribution is 2.30. The fourth-order valence-electron chi connectivity index (χ4n) is 1.98. The van der Waals surface area contributed by atoms with E-state index in [-0.39, 0.29) is 0 Å². The number of fused-ring (bicyclic) bond motifs is 1. The summed E-state index contributed by atoms with van der Waals surface area (Å²) in [7, 11) is 0. The molecular weight excluding hydrogens is 200 g/mol. The number of rotatable bonds is 0. The lowest BCUT2D eigenvalue weighted by Crippen LogP contribution is -2.22. The predicted molar refractivity (Wildman–Crippen MR) is 67.6 cm³/mol. The van der Waals surface area contributed by atoms with Gasteiger partial charge >= 0.3 is 0 Å². The van der Waals surface area contributed by atoms with Crippen molar-refractivity contribution in [1.82, 2.24) is 0 Å². The van der Waals surface area contributed by atoms with Gasteiger partial charge in [0.15, 0.2) is 0 Å². The topological polar surface area (TPSA) is 0 Å². The largest absolute Gasteiger partial charge is 0.0972 e. The maximum Gasteiger partial charge on any atom is 0.0145 e. The number of thioether (sulfide) groups is 1. The number of benzene rings is 1. The third-order valence-corrected chi connectivity index (χ3v) is 3.83. The van der Waals surface area contributed by atoms with Crippen molar-refractivity contribution in [3.8, 4) is 0 Å². The molecule has 1 aromatic carbocycles. The summed E-state index contributed by atoms with van der Waals surface area (Å²) in [5.74, 6) is 0. The highest BCUT2D eigenvalue weighted by atomic mass is 32.2. The van der Waals surface area contributed by atoms with E-state index in [0.717, 1.165) is 0 Å². The molecule has 0 bridgehead atoms. The van der Waals surface area contributed by atoms with Gasteiger partial charge in [0.05, 0.1) is 0 Å². The fourth-order valence-corrected chi connectivity index (χ4v) is 2.94. The first-order chi connectivity index (χ1) is 7.43. The molecule has 74 valence electrons. The van der Waals surface area contributed by atoms with Crippen LogP contribution < -0.4 is 10.4 Å². The lowest BCUT2D eigenvalue weighted by molar-refractivity contribution is 0.999. The first-order valence-corrected chi connectivity index (χ1v) is 6.15. The maximum atomic E-state index is 2.34. The van der Waals surface area contributed by atoms with E-state index < -0.39 is 0 Å². The van der Waals surface area contributed by atoms with E-state index in [9.17, 15) is 0 Å². The molecule has 0 saturated heterocycles. The minimum absolute atomic E-state index is 1.18. The van der Waals surface area contributed by atoms with Gasteiger partial charge in [-0.1, -0.05) is 54.3 Å². The SMILES string of the molecule is C1=CC2=C(C=c3ccccc3=CS2)CC1. The Morgan fingerprint density at radius 2 is 1.93 bits per heavy atom. The molecule has 15 heavy (non-hydrogen) atoms. The van der Waals surface area contributed by atoms with Crippen LogP contribution in [0, 0.1) is 0 Å². The van der Waals surface area contributed by atoms with Crippen molar-refractivity contribution in [3.63, 3.8) is 0 Å². The molecule has 0 radical (unpaired) electrons. The second kappa shape index (κ2) is 3.74. The van der Waals surface area contributed by atoms with Crippen LogP contribution in [0.1, 0.15) is 12.8 Å². The van der Waals surface area contributed by atoms with Gasteiger partial charge in [0.1, 0.15) is 0 Å². The zero-order chi connectivity index (χ0) is 10.1. The summed E-state index contributed by atoms with van der Waals surface area (Å²) < 4.78 is 0. The molecule has 1 heteroatoms. The van der Waals surface area contributed by atoms with Crippen LogP contribution in [0.2, 0.25) is 0 Å². The van der Waals surface area contributed by atoms with Gasteiger partial charge in [0, 0.05) is 4.91 Å². The quantitative estimate of drug-likeness (QED) is 0.637. The number of hydrogen-bond donors (Lipinski definition) is 0. The average molecular weight is 212 g/mol. The summed E-state index contributed by atoms with van der Waals surface area (Å²) >= 11 is 1.85. The van der Waals surface area contributed by atoms with E-state index in [1.807, 2.05) is 11.8 Å². The fraction of sp³-hybridized carbons (Fsp3) is 0.143. The van der Waals surface area contributed by atoms with Crippen LogP contribution in [0.25, 0.3) is 11.5 Å². The van der Waals surface area contributed by atoms with Gasteiger partial charge in [0.2, 0.25) is 0 Å². The molecule has 1 aliphatic carbocycles. The molecule has 0 unspecified atom stereocenters. The number of allylic oxidation sites excluding steroid dienone is 3. The first-order valence-electron chi connectivity index (χ1n) is 5.27. The van der Waals surface area contributed by atoms with E-state index in [1.54, 1.807) is 0 Å². The Hall–Kier alpha value is -1.21. The Kier molecular flexibility index (Phi) is 2.26. The van der Waals surface area contributed by atoms with Gasteiger partial charge in [-0.05, 0) is 34.3 Å². The van der Waals surface area contributed by atoms with Crippen LogP contribution in [0.3, 0.4) is 0 Å². The van der Waals surface area contributed by atoms with Crippen molar-refractivity contribution in [2.75, 3.05) is 0 Å². The highest BCUT2D eigenvalue weighted by molar-refractivity contribution is 8.10. The van der Waals surface area contributed by atoms with Crippen molar-refractivity contribution in [2.24, 2.45) is 0 Å². The second-order valence-corrected chi connectivity index (χ2v) is 4.75. The van der Waals surface area contributed by atoms with Crippen LogP contribution in [0.5, 0.6) is 0 Å². The summed E-state index contributed by atoms with van der Waals surface area (Å²) in [6.07, 6.45) is 9.22. The van der Waals surface area contributed by atoms with Crippen LogP contribution >= 0.6 is 11.8 Å². The smallest absolute Gasteiger partial charge is 0.0145 e. The zero-order valence-corrected chi connectivity index (χ0v) is 9.26. The molecule has 0 nitrogen and oxygen atoms in total. The minimum atomic E-state index is 1.18. The van der Waals surface area contributed by atoms with Gasteiger partial charge in [0.25, 0.3) is 0 Å². The van der Waals surface area contributed by atoms with E-state index in [4.69, 9.17) is 0 Å². The Labute approximate surface area is 93.7 Å². The predicted octanol–water partition coefficient (Wildman–Crippen LogP) is 2.56. The zero-order valence-electron chi connectivity index (χ0n) is 8.44.